The van der Waals surface area contributed by atoms with E-state index < -0.39 is 81.5 Å². The van der Waals surface area contributed by atoms with Crippen molar-refractivity contribution >= 4 is 11.8 Å². The van der Waals surface area contributed by atoms with Gasteiger partial charge in [-0.2, -0.15) is 8.78 Å². The highest BCUT2D eigenvalue weighted by atomic mass is 19.3. The minimum absolute atomic E-state index is 0.185. The molecule has 234 valence electrons. The van der Waals surface area contributed by atoms with Crippen molar-refractivity contribution in [3.8, 4) is 11.1 Å². The number of ether oxygens (including phenoxy) is 1. The Morgan fingerprint density at radius 2 is 1.52 bits per heavy atom. The van der Waals surface area contributed by atoms with Gasteiger partial charge in [-0.25, -0.2) is 35.1 Å². The molecule has 0 aliphatic carbocycles. The molecule has 0 fully saturated rings. The first-order valence-electron chi connectivity index (χ1n) is 12.8. The van der Waals surface area contributed by atoms with E-state index in [2.05, 4.69) is 11.3 Å². The SMILES string of the molecule is C=C/C(F)=C(\C(F)=C/COC(F)(F)c1c(F)cc(-c2ccc(CCC(C=N)CN)cc2F)cc1F)c1cc(F)c(F)c(F)c1. The molecule has 0 heterocycles. The van der Waals surface area contributed by atoms with Gasteiger partial charge in [0.05, 0.1) is 12.2 Å². The van der Waals surface area contributed by atoms with Crippen LogP contribution in [0.4, 0.5) is 43.9 Å². The van der Waals surface area contributed by atoms with Gasteiger partial charge in [0, 0.05) is 18.0 Å². The highest BCUT2D eigenvalue weighted by Gasteiger charge is 2.39. The van der Waals surface area contributed by atoms with E-state index in [1.54, 1.807) is 0 Å². The van der Waals surface area contributed by atoms with E-state index >= 15 is 0 Å². The average molecular weight is 631 g/mol. The number of hydrogen-bond donors (Lipinski definition) is 2. The van der Waals surface area contributed by atoms with E-state index in [-0.39, 0.29) is 36.2 Å². The molecular formula is C31H24F10N2O. The lowest BCUT2D eigenvalue weighted by Crippen LogP contribution is -2.22. The summed E-state index contributed by atoms with van der Waals surface area (Å²) in [6, 6.07) is 5.15. The van der Waals surface area contributed by atoms with Crippen LogP contribution in [0.5, 0.6) is 0 Å². The summed E-state index contributed by atoms with van der Waals surface area (Å²) < 4.78 is 147. The molecule has 44 heavy (non-hydrogen) atoms. The second kappa shape index (κ2) is 14.5. The lowest BCUT2D eigenvalue weighted by Gasteiger charge is -2.19. The third-order valence-corrected chi connectivity index (χ3v) is 6.48. The third-order valence-electron chi connectivity index (χ3n) is 6.48. The van der Waals surface area contributed by atoms with Gasteiger partial charge in [-0.15, -0.1) is 0 Å². The summed E-state index contributed by atoms with van der Waals surface area (Å²) in [5.74, 6) is -13.5. The van der Waals surface area contributed by atoms with Gasteiger partial charge in [0.15, 0.2) is 17.5 Å². The number of rotatable bonds is 13. The van der Waals surface area contributed by atoms with Gasteiger partial charge in [0.2, 0.25) is 0 Å². The number of alkyl halides is 2. The minimum atomic E-state index is -4.73. The van der Waals surface area contributed by atoms with Crippen LogP contribution in [0, 0.1) is 46.2 Å². The Morgan fingerprint density at radius 1 is 0.909 bits per heavy atom. The van der Waals surface area contributed by atoms with E-state index in [9.17, 15) is 43.9 Å². The third kappa shape index (κ3) is 7.83. The van der Waals surface area contributed by atoms with Crippen molar-refractivity contribution in [1.29, 1.82) is 5.41 Å². The van der Waals surface area contributed by atoms with Crippen molar-refractivity contribution in [2.45, 2.75) is 19.0 Å². The smallest absolute Gasteiger partial charge is 0.330 e. The topological polar surface area (TPSA) is 59.1 Å². The number of nitrogens with two attached hydrogens (primary N) is 1. The second-order valence-electron chi connectivity index (χ2n) is 9.39. The fraction of sp³-hybridized carbons (Fsp3) is 0.194. The molecule has 3 rings (SSSR count). The van der Waals surface area contributed by atoms with Crippen LogP contribution in [-0.2, 0) is 17.3 Å². The monoisotopic (exact) mass is 630 g/mol. The molecule has 1 atom stereocenters. The van der Waals surface area contributed by atoms with Crippen LogP contribution in [0.3, 0.4) is 0 Å². The quantitative estimate of drug-likeness (QED) is 0.0859. The zero-order valence-corrected chi connectivity index (χ0v) is 22.7. The maximum absolute atomic E-state index is 14.8. The van der Waals surface area contributed by atoms with Crippen molar-refractivity contribution in [3.05, 3.63) is 124 Å². The summed E-state index contributed by atoms with van der Waals surface area (Å²) in [6.45, 7) is 1.82. The Bertz CT molecular complexity index is 1570. The summed E-state index contributed by atoms with van der Waals surface area (Å²) in [6.07, 6.45) is -2.15. The van der Waals surface area contributed by atoms with E-state index in [1.807, 2.05) is 0 Å². The Labute approximate surface area is 245 Å². The molecule has 0 aliphatic heterocycles. The van der Waals surface area contributed by atoms with Gasteiger partial charge >= 0.3 is 6.11 Å². The second-order valence-corrected chi connectivity index (χ2v) is 9.39. The fourth-order valence-electron chi connectivity index (χ4n) is 4.16. The van der Waals surface area contributed by atoms with Crippen molar-refractivity contribution in [2.75, 3.05) is 13.2 Å². The Kier molecular flexibility index (Phi) is 11.3. The number of hydrogen-bond acceptors (Lipinski definition) is 3. The van der Waals surface area contributed by atoms with Crippen molar-refractivity contribution in [1.82, 2.24) is 0 Å². The van der Waals surface area contributed by atoms with Gasteiger partial charge in [-0.3, -0.25) is 0 Å². The molecule has 1 unspecified atom stereocenters. The summed E-state index contributed by atoms with van der Waals surface area (Å²) in [5, 5.41) is 7.28. The molecule has 13 heteroatoms. The molecule has 3 nitrogen and oxygen atoms in total. The Morgan fingerprint density at radius 3 is 2.05 bits per heavy atom. The summed E-state index contributed by atoms with van der Waals surface area (Å²) in [5.41, 5.74) is 1.39. The lowest BCUT2D eigenvalue weighted by molar-refractivity contribution is -0.245. The van der Waals surface area contributed by atoms with E-state index in [1.165, 1.54) is 18.3 Å². The Balaban J connectivity index is 1.83. The first kappa shape index (κ1) is 34.3. The number of allylic oxidation sites excluding steroid dienone is 4. The van der Waals surface area contributed by atoms with Crippen molar-refractivity contribution < 1.29 is 48.6 Å². The van der Waals surface area contributed by atoms with Crippen LogP contribution in [0.15, 0.2) is 72.8 Å². The molecule has 0 bridgehead atoms. The molecule has 3 aromatic rings. The molecule has 0 amide bonds. The van der Waals surface area contributed by atoms with E-state index in [0.29, 0.717) is 36.6 Å². The maximum Gasteiger partial charge on any atom is 0.389 e. The summed E-state index contributed by atoms with van der Waals surface area (Å²) in [7, 11) is 0. The van der Waals surface area contributed by atoms with E-state index in [0.717, 1.165) is 6.07 Å². The van der Waals surface area contributed by atoms with Gasteiger partial charge in [0.25, 0.3) is 0 Å². The van der Waals surface area contributed by atoms with E-state index in [4.69, 9.17) is 11.1 Å². The highest BCUT2D eigenvalue weighted by molar-refractivity contribution is 5.80. The predicted molar refractivity (Wildman–Crippen MR) is 145 cm³/mol. The maximum atomic E-state index is 14.8. The van der Waals surface area contributed by atoms with Crippen molar-refractivity contribution in [3.63, 3.8) is 0 Å². The van der Waals surface area contributed by atoms with Gasteiger partial charge < -0.3 is 15.9 Å². The fourth-order valence-corrected chi connectivity index (χ4v) is 4.16. The lowest BCUT2D eigenvalue weighted by atomic mass is 9.97. The average Bonchev–Trinajstić information content (AvgIpc) is 2.95. The Hall–Kier alpha value is -4.23. The van der Waals surface area contributed by atoms with Crippen LogP contribution in [-0.4, -0.2) is 19.4 Å². The van der Waals surface area contributed by atoms with Crippen LogP contribution in [0.2, 0.25) is 0 Å². The van der Waals surface area contributed by atoms with Crippen LogP contribution in [0.25, 0.3) is 16.7 Å². The minimum Gasteiger partial charge on any atom is -0.330 e. The first-order chi connectivity index (χ1) is 20.7. The van der Waals surface area contributed by atoms with Crippen molar-refractivity contribution in [2.24, 2.45) is 11.7 Å². The van der Waals surface area contributed by atoms with Crippen LogP contribution in [0.1, 0.15) is 23.1 Å². The van der Waals surface area contributed by atoms with Gasteiger partial charge in [-0.1, -0.05) is 18.7 Å². The zero-order valence-electron chi connectivity index (χ0n) is 22.7. The first-order valence-corrected chi connectivity index (χ1v) is 12.8. The van der Waals surface area contributed by atoms with Gasteiger partial charge in [-0.05, 0) is 78.2 Å². The standard InChI is InChI=1S/C31H24F10N2O/c1-2-21(32)28(19-12-26(37)30(39)27(38)13-19)22(33)7-8-44-31(40,41)29-24(35)10-18(11-25(29)36)20-6-5-16(9-23(20)34)3-4-17(14-42)15-43/h2,5-7,9-14,17,42H,1,3-4,8,15,43H2/b22-7+,28-21+,42-14?. The molecule has 3 aromatic carbocycles. The molecule has 0 aromatic heterocycles. The normalized spacial score (nSPS) is 13.5. The van der Waals surface area contributed by atoms with Crippen LogP contribution < -0.4 is 5.73 Å². The molecular weight excluding hydrogens is 606 g/mol. The number of benzene rings is 3. The zero-order chi connectivity index (χ0) is 32.8. The van der Waals surface area contributed by atoms with Gasteiger partial charge in [0.1, 0.15) is 34.7 Å². The molecule has 0 aliphatic rings. The highest BCUT2D eigenvalue weighted by Crippen LogP contribution is 2.37. The summed E-state index contributed by atoms with van der Waals surface area (Å²) in [4.78, 5) is 0. The molecule has 3 N–H and O–H groups in total. The number of halogens is 10. The molecule has 0 saturated carbocycles. The molecule has 0 saturated heterocycles. The molecule has 0 spiro atoms. The largest absolute Gasteiger partial charge is 0.389 e. The predicted octanol–water partition coefficient (Wildman–Crippen LogP) is 8.83. The number of nitrogens with one attached hydrogen (secondary N) is 1. The van der Waals surface area contributed by atoms with Crippen LogP contribution >= 0.6 is 0 Å². The number of aryl methyl sites for hydroxylation is 1. The summed E-state index contributed by atoms with van der Waals surface area (Å²) >= 11 is 0. The molecule has 0 radical (unpaired) electrons.